The Balaban J connectivity index is 1.99. The number of halogens is 2. The molecule has 0 aliphatic carbocycles. The minimum Gasteiger partial charge on any atom is -0.266 e. The molecule has 2 aromatic carbocycles. The summed E-state index contributed by atoms with van der Waals surface area (Å²) in [4.78, 5) is 18.8. The van der Waals surface area contributed by atoms with Crippen LogP contribution in [0.4, 0.5) is 10.1 Å². The fraction of sp³-hybridized carbons (Fsp3) is 0.100. The minimum absolute atomic E-state index is 0.0423. The summed E-state index contributed by atoms with van der Waals surface area (Å²) in [7, 11) is 0. The summed E-state index contributed by atoms with van der Waals surface area (Å²) < 4.78 is 13.5. The molecule has 0 spiro atoms. The zero-order valence-corrected chi connectivity index (χ0v) is 15.6. The molecule has 6 heteroatoms. The highest BCUT2D eigenvalue weighted by Crippen LogP contribution is 2.31. The highest BCUT2D eigenvalue weighted by molar-refractivity contribution is 8.14. The molecule has 0 N–H and O–H groups in total. The Hall–Kier alpha value is -2.37. The van der Waals surface area contributed by atoms with Gasteiger partial charge in [-0.25, -0.2) is 9.38 Å². The van der Waals surface area contributed by atoms with Crippen molar-refractivity contribution in [2.45, 2.75) is 6.92 Å². The molecule has 3 rings (SSSR count). The first-order valence-electron chi connectivity index (χ1n) is 7.90. The lowest BCUT2D eigenvalue weighted by Gasteiger charge is -2.17. The number of rotatable bonds is 4. The number of amidine groups is 1. The molecule has 0 saturated carbocycles. The number of anilines is 1. The summed E-state index contributed by atoms with van der Waals surface area (Å²) in [5, 5.41) is 0.468. The lowest BCUT2D eigenvalue weighted by molar-refractivity contribution is -0.113. The standard InChI is InChI=1S/C20H16ClFN2OS/c1-3-10-26-20-23-18(11-14-6-4-13(2)5-7-14)19(25)24(20)15-8-9-17(22)16(21)12-15/h3-9,11-12H,1,10H2,2H3/b18-11-. The van der Waals surface area contributed by atoms with Crippen molar-refractivity contribution < 1.29 is 9.18 Å². The number of carbonyl (C=O) groups is 1. The maximum absolute atomic E-state index is 13.5. The van der Waals surface area contributed by atoms with E-state index in [-0.39, 0.29) is 10.9 Å². The largest absolute Gasteiger partial charge is 0.283 e. The summed E-state index contributed by atoms with van der Waals surface area (Å²) in [5.74, 6) is -0.218. The van der Waals surface area contributed by atoms with E-state index in [9.17, 15) is 9.18 Å². The van der Waals surface area contributed by atoms with Gasteiger partial charge >= 0.3 is 0 Å². The van der Waals surface area contributed by atoms with Crippen LogP contribution in [-0.2, 0) is 4.79 Å². The molecule has 0 radical (unpaired) electrons. The number of carbonyl (C=O) groups excluding carboxylic acids is 1. The van der Waals surface area contributed by atoms with Crippen LogP contribution in [0.15, 0.2) is 65.8 Å². The van der Waals surface area contributed by atoms with Gasteiger partial charge in [0.2, 0.25) is 0 Å². The molecule has 1 amide bonds. The van der Waals surface area contributed by atoms with Crippen molar-refractivity contribution in [2.24, 2.45) is 4.99 Å². The van der Waals surface area contributed by atoms with E-state index in [1.54, 1.807) is 12.2 Å². The number of nitrogens with zero attached hydrogens (tertiary/aromatic N) is 2. The number of aliphatic imine (C=N–C) groups is 1. The van der Waals surface area contributed by atoms with E-state index >= 15 is 0 Å². The average molecular weight is 387 g/mol. The zero-order valence-electron chi connectivity index (χ0n) is 14.1. The fourth-order valence-electron chi connectivity index (χ4n) is 2.40. The summed E-state index contributed by atoms with van der Waals surface area (Å²) in [6.45, 7) is 5.69. The van der Waals surface area contributed by atoms with Crippen molar-refractivity contribution in [1.29, 1.82) is 0 Å². The zero-order chi connectivity index (χ0) is 18.7. The van der Waals surface area contributed by atoms with Crippen molar-refractivity contribution >= 4 is 46.2 Å². The van der Waals surface area contributed by atoms with Crippen molar-refractivity contribution in [3.63, 3.8) is 0 Å². The molecule has 132 valence electrons. The summed E-state index contributed by atoms with van der Waals surface area (Å²) in [6.07, 6.45) is 3.47. The van der Waals surface area contributed by atoms with Gasteiger partial charge in [0.1, 0.15) is 11.5 Å². The van der Waals surface area contributed by atoms with Crippen LogP contribution < -0.4 is 4.90 Å². The maximum Gasteiger partial charge on any atom is 0.283 e. The minimum atomic E-state index is -0.533. The van der Waals surface area contributed by atoms with E-state index in [1.165, 1.54) is 34.9 Å². The number of benzene rings is 2. The summed E-state index contributed by atoms with van der Waals surface area (Å²) in [6, 6.07) is 12.0. The first-order chi connectivity index (χ1) is 12.5. The Morgan fingerprint density at radius 2 is 2.00 bits per heavy atom. The molecule has 26 heavy (non-hydrogen) atoms. The van der Waals surface area contributed by atoms with Gasteiger partial charge in [-0.3, -0.25) is 9.69 Å². The number of aryl methyl sites for hydroxylation is 1. The highest BCUT2D eigenvalue weighted by Gasteiger charge is 2.32. The Labute approximate surface area is 160 Å². The Morgan fingerprint density at radius 3 is 2.65 bits per heavy atom. The molecule has 0 atom stereocenters. The van der Waals surface area contributed by atoms with Crippen LogP contribution in [0.3, 0.4) is 0 Å². The highest BCUT2D eigenvalue weighted by atomic mass is 35.5. The van der Waals surface area contributed by atoms with Gasteiger partial charge in [0.05, 0.1) is 10.7 Å². The van der Waals surface area contributed by atoms with Crippen LogP contribution >= 0.6 is 23.4 Å². The van der Waals surface area contributed by atoms with Gasteiger partial charge in [-0.1, -0.05) is 59.3 Å². The summed E-state index contributed by atoms with van der Waals surface area (Å²) >= 11 is 7.26. The molecule has 0 bridgehead atoms. The van der Waals surface area contributed by atoms with Crippen molar-refractivity contribution in [1.82, 2.24) is 0 Å². The smallest absolute Gasteiger partial charge is 0.266 e. The van der Waals surface area contributed by atoms with Crippen LogP contribution in [0.5, 0.6) is 0 Å². The van der Waals surface area contributed by atoms with E-state index in [2.05, 4.69) is 11.6 Å². The topological polar surface area (TPSA) is 32.7 Å². The molecule has 2 aromatic rings. The van der Waals surface area contributed by atoms with E-state index in [1.807, 2.05) is 31.2 Å². The average Bonchev–Trinajstić information content (AvgIpc) is 2.93. The fourth-order valence-corrected chi connectivity index (χ4v) is 3.32. The monoisotopic (exact) mass is 386 g/mol. The van der Waals surface area contributed by atoms with E-state index < -0.39 is 5.82 Å². The van der Waals surface area contributed by atoms with Crippen molar-refractivity contribution in [3.05, 3.63) is 82.8 Å². The van der Waals surface area contributed by atoms with Crippen LogP contribution in [0.1, 0.15) is 11.1 Å². The molecule has 0 saturated heterocycles. The second-order valence-electron chi connectivity index (χ2n) is 5.67. The first kappa shape index (κ1) is 18.4. The van der Waals surface area contributed by atoms with E-state index in [0.717, 1.165) is 11.1 Å². The van der Waals surface area contributed by atoms with Gasteiger partial charge < -0.3 is 0 Å². The van der Waals surface area contributed by atoms with Gasteiger partial charge in [-0.15, -0.1) is 6.58 Å². The number of amides is 1. The molecular weight excluding hydrogens is 371 g/mol. The van der Waals surface area contributed by atoms with Gasteiger partial charge in [0.15, 0.2) is 5.17 Å². The Kier molecular flexibility index (Phi) is 5.59. The third-order valence-corrected chi connectivity index (χ3v) is 4.93. The van der Waals surface area contributed by atoms with Crippen LogP contribution in [-0.4, -0.2) is 16.8 Å². The Bertz CT molecular complexity index is 922. The molecule has 1 aliphatic rings. The Morgan fingerprint density at radius 1 is 1.27 bits per heavy atom. The third-order valence-electron chi connectivity index (χ3n) is 3.70. The predicted molar refractivity (Wildman–Crippen MR) is 108 cm³/mol. The molecule has 0 aromatic heterocycles. The van der Waals surface area contributed by atoms with E-state index in [0.29, 0.717) is 22.3 Å². The normalized spacial score (nSPS) is 15.5. The number of hydrogen-bond donors (Lipinski definition) is 0. The van der Waals surface area contributed by atoms with Crippen molar-refractivity contribution in [3.8, 4) is 0 Å². The summed E-state index contributed by atoms with van der Waals surface area (Å²) in [5.41, 5.74) is 2.82. The molecule has 0 fully saturated rings. The first-order valence-corrected chi connectivity index (χ1v) is 9.26. The van der Waals surface area contributed by atoms with Crippen LogP contribution in [0, 0.1) is 12.7 Å². The second kappa shape index (κ2) is 7.89. The SMILES string of the molecule is C=CCSC1=N/C(=C\c2ccc(C)cc2)C(=O)N1c1ccc(F)c(Cl)c1. The van der Waals surface area contributed by atoms with Gasteiger partial charge in [0, 0.05) is 5.75 Å². The van der Waals surface area contributed by atoms with Gasteiger partial charge in [0.25, 0.3) is 5.91 Å². The predicted octanol–water partition coefficient (Wildman–Crippen LogP) is 5.45. The quantitative estimate of drug-likeness (QED) is 0.517. The molecule has 1 aliphatic heterocycles. The third kappa shape index (κ3) is 3.89. The van der Waals surface area contributed by atoms with Crippen LogP contribution in [0.2, 0.25) is 5.02 Å². The van der Waals surface area contributed by atoms with Gasteiger partial charge in [-0.05, 0) is 36.8 Å². The molecule has 0 unspecified atom stereocenters. The lowest BCUT2D eigenvalue weighted by Crippen LogP contribution is -2.30. The molecular formula is C20H16ClFN2OS. The van der Waals surface area contributed by atoms with Crippen molar-refractivity contribution in [2.75, 3.05) is 10.7 Å². The molecule has 3 nitrogen and oxygen atoms in total. The van der Waals surface area contributed by atoms with Gasteiger partial charge in [-0.2, -0.15) is 0 Å². The van der Waals surface area contributed by atoms with Crippen LogP contribution in [0.25, 0.3) is 6.08 Å². The maximum atomic E-state index is 13.5. The lowest BCUT2D eigenvalue weighted by atomic mass is 10.1. The number of hydrogen-bond acceptors (Lipinski definition) is 3. The number of thioether (sulfide) groups is 1. The van der Waals surface area contributed by atoms with E-state index in [4.69, 9.17) is 11.6 Å². The molecule has 1 heterocycles. The second-order valence-corrected chi connectivity index (χ2v) is 7.07.